The predicted molar refractivity (Wildman–Crippen MR) is 81.0 cm³/mol. The second kappa shape index (κ2) is 6.40. The maximum absolute atomic E-state index is 12.3. The first-order valence-electron chi connectivity index (χ1n) is 7.51. The zero-order valence-corrected chi connectivity index (χ0v) is 12.7. The van der Waals surface area contributed by atoms with Crippen LogP contribution in [0.5, 0.6) is 0 Å². The number of aliphatic hydroxyl groups is 1. The van der Waals surface area contributed by atoms with Crippen LogP contribution in [0.2, 0.25) is 0 Å². The van der Waals surface area contributed by atoms with Gasteiger partial charge in [0.05, 0.1) is 6.10 Å². The highest BCUT2D eigenvalue weighted by molar-refractivity contribution is 5.97. The van der Waals surface area contributed by atoms with Crippen LogP contribution in [-0.4, -0.2) is 23.7 Å². The molecular formula is C17H25NO2. The Kier molecular flexibility index (Phi) is 4.81. The fraction of sp³-hybridized carbons (Fsp3) is 0.588. The molecule has 0 bridgehead atoms. The van der Waals surface area contributed by atoms with Crippen LogP contribution in [0.3, 0.4) is 0 Å². The van der Waals surface area contributed by atoms with E-state index in [1.165, 1.54) is 5.56 Å². The second-order valence-electron chi connectivity index (χ2n) is 6.17. The topological polar surface area (TPSA) is 49.3 Å². The van der Waals surface area contributed by atoms with Crippen molar-refractivity contribution in [2.24, 2.45) is 5.92 Å². The summed E-state index contributed by atoms with van der Waals surface area (Å²) >= 11 is 0. The van der Waals surface area contributed by atoms with E-state index in [2.05, 4.69) is 5.32 Å². The Labute approximate surface area is 121 Å². The van der Waals surface area contributed by atoms with Crippen molar-refractivity contribution in [2.45, 2.75) is 52.6 Å². The van der Waals surface area contributed by atoms with E-state index in [1.54, 1.807) is 0 Å². The molecule has 1 saturated carbocycles. The number of hydrogen-bond acceptors (Lipinski definition) is 2. The smallest absolute Gasteiger partial charge is 0.251 e. The van der Waals surface area contributed by atoms with Crippen molar-refractivity contribution in [3.8, 4) is 0 Å². The number of carbonyl (C=O) groups is 1. The zero-order valence-electron chi connectivity index (χ0n) is 12.7. The Morgan fingerprint density at radius 1 is 1.25 bits per heavy atom. The molecular weight excluding hydrogens is 250 g/mol. The number of aryl methyl sites for hydroxylation is 3. The third-order valence-corrected chi connectivity index (χ3v) is 4.21. The van der Waals surface area contributed by atoms with Crippen LogP contribution in [0.4, 0.5) is 0 Å². The van der Waals surface area contributed by atoms with Crippen molar-refractivity contribution < 1.29 is 9.90 Å². The fourth-order valence-electron chi connectivity index (χ4n) is 3.31. The van der Waals surface area contributed by atoms with Gasteiger partial charge >= 0.3 is 0 Å². The third-order valence-electron chi connectivity index (χ3n) is 4.21. The average Bonchev–Trinajstić information content (AvgIpc) is 2.35. The molecule has 0 heterocycles. The van der Waals surface area contributed by atoms with Crippen LogP contribution < -0.4 is 5.32 Å². The summed E-state index contributed by atoms with van der Waals surface area (Å²) in [5, 5.41) is 12.7. The molecule has 0 saturated heterocycles. The molecule has 0 aromatic heterocycles. The molecule has 2 N–H and O–H groups in total. The highest BCUT2D eigenvalue weighted by Crippen LogP contribution is 2.24. The van der Waals surface area contributed by atoms with Crippen LogP contribution in [0.15, 0.2) is 12.1 Å². The standard InChI is InChI=1S/C17H25NO2/c1-11-7-12(2)16(13(3)8-11)17(20)18-10-14-5-4-6-15(19)9-14/h7-8,14-15,19H,4-6,9-10H2,1-3H3,(H,18,20). The zero-order chi connectivity index (χ0) is 14.7. The van der Waals surface area contributed by atoms with Gasteiger partial charge in [0.25, 0.3) is 5.91 Å². The molecule has 110 valence electrons. The number of nitrogens with one attached hydrogen (secondary N) is 1. The molecule has 2 unspecified atom stereocenters. The highest BCUT2D eigenvalue weighted by atomic mass is 16.3. The minimum Gasteiger partial charge on any atom is -0.393 e. The summed E-state index contributed by atoms with van der Waals surface area (Å²) in [6.07, 6.45) is 3.69. The molecule has 1 fully saturated rings. The number of rotatable bonds is 3. The summed E-state index contributed by atoms with van der Waals surface area (Å²) < 4.78 is 0. The summed E-state index contributed by atoms with van der Waals surface area (Å²) in [6.45, 7) is 6.69. The molecule has 3 heteroatoms. The van der Waals surface area contributed by atoms with E-state index in [4.69, 9.17) is 0 Å². The van der Waals surface area contributed by atoms with Gasteiger partial charge in [0.2, 0.25) is 0 Å². The van der Waals surface area contributed by atoms with E-state index in [-0.39, 0.29) is 12.0 Å². The lowest BCUT2D eigenvalue weighted by Crippen LogP contribution is -2.33. The summed E-state index contributed by atoms with van der Waals surface area (Å²) in [5.74, 6) is 0.425. The summed E-state index contributed by atoms with van der Waals surface area (Å²) in [5.41, 5.74) is 4.05. The van der Waals surface area contributed by atoms with E-state index < -0.39 is 0 Å². The number of hydrogen-bond donors (Lipinski definition) is 2. The van der Waals surface area contributed by atoms with Crippen molar-refractivity contribution in [2.75, 3.05) is 6.54 Å². The largest absolute Gasteiger partial charge is 0.393 e. The molecule has 1 aromatic carbocycles. The molecule has 1 aliphatic carbocycles. The number of carbonyl (C=O) groups excluding carboxylic acids is 1. The van der Waals surface area contributed by atoms with Gasteiger partial charge in [0.15, 0.2) is 0 Å². The normalized spacial score (nSPS) is 22.6. The molecule has 0 aliphatic heterocycles. The number of aliphatic hydroxyl groups excluding tert-OH is 1. The Hall–Kier alpha value is -1.35. The maximum Gasteiger partial charge on any atom is 0.251 e. The first-order chi connectivity index (χ1) is 9.47. The van der Waals surface area contributed by atoms with Crippen molar-refractivity contribution in [3.63, 3.8) is 0 Å². The van der Waals surface area contributed by atoms with Crippen LogP contribution >= 0.6 is 0 Å². The molecule has 0 radical (unpaired) electrons. The van der Waals surface area contributed by atoms with E-state index >= 15 is 0 Å². The van der Waals surface area contributed by atoms with Gasteiger partial charge in [0.1, 0.15) is 0 Å². The van der Waals surface area contributed by atoms with Crippen LogP contribution in [0.25, 0.3) is 0 Å². The first-order valence-corrected chi connectivity index (χ1v) is 7.51. The van der Waals surface area contributed by atoms with E-state index in [1.807, 2.05) is 32.9 Å². The third kappa shape index (κ3) is 3.60. The molecule has 1 aliphatic rings. The van der Waals surface area contributed by atoms with E-state index in [0.29, 0.717) is 12.5 Å². The molecule has 20 heavy (non-hydrogen) atoms. The minimum atomic E-state index is -0.187. The van der Waals surface area contributed by atoms with Crippen molar-refractivity contribution in [3.05, 3.63) is 34.4 Å². The first kappa shape index (κ1) is 15.0. The Balaban J connectivity index is 1.98. The van der Waals surface area contributed by atoms with E-state index in [9.17, 15) is 9.90 Å². The number of amides is 1. The molecule has 1 aromatic rings. The van der Waals surface area contributed by atoms with Crippen LogP contribution in [0, 0.1) is 26.7 Å². The Morgan fingerprint density at radius 3 is 2.50 bits per heavy atom. The quantitative estimate of drug-likeness (QED) is 0.891. The average molecular weight is 275 g/mol. The van der Waals surface area contributed by atoms with E-state index in [0.717, 1.165) is 42.4 Å². The lowest BCUT2D eigenvalue weighted by Gasteiger charge is -2.26. The molecule has 0 spiro atoms. The van der Waals surface area contributed by atoms with Gasteiger partial charge in [-0.25, -0.2) is 0 Å². The van der Waals surface area contributed by atoms with Gasteiger partial charge in [-0.1, -0.05) is 24.1 Å². The molecule has 3 nitrogen and oxygen atoms in total. The lowest BCUT2D eigenvalue weighted by atomic mass is 9.87. The van der Waals surface area contributed by atoms with Gasteiger partial charge < -0.3 is 10.4 Å². The number of benzene rings is 1. The highest BCUT2D eigenvalue weighted by Gasteiger charge is 2.21. The minimum absolute atomic E-state index is 0.0139. The molecule has 1 amide bonds. The van der Waals surface area contributed by atoms with Crippen molar-refractivity contribution in [1.82, 2.24) is 5.32 Å². The second-order valence-corrected chi connectivity index (χ2v) is 6.17. The van der Waals surface area contributed by atoms with Gasteiger partial charge in [0, 0.05) is 12.1 Å². The molecule has 2 rings (SSSR count). The van der Waals surface area contributed by atoms with Crippen molar-refractivity contribution >= 4 is 5.91 Å². The molecule has 2 atom stereocenters. The maximum atomic E-state index is 12.3. The van der Waals surface area contributed by atoms with Gasteiger partial charge in [-0.15, -0.1) is 0 Å². The Morgan fingerprint density at radius 2 is 1.90 bits per heavy atom. The van der Waals surface area contributed by atoms with Crippen LogP contribution in [0.1, 0.15) is 52.7 Å². The van der Waals surface area contributed by atoms with Crippen molar-refractivity contribution in [1.29, 1.82) is 0 Å². The van der Waals surface area contributed by atoms with Crippen LogP contribution in [-0.2, 0) is 0 Å². The fourth-order valence-corrected chi connectivity index (χ4v) is 3.31. The van der Waals surface area contributed by atoms with Gasteiger partial charge in [-0.3, -0.25) is 4.79 Å². The summed E-state index contributed by atoms with van der Waals surface area (Å²) in [7, 11) is 0. The van der Waals surface area contributed by atoms with Gasteiger partial charge in [-0.05, 0) is 57.1 Å². The SMILES string of the molecule is Cc1cc(C)c(C(=O)NCC2CCCC(O)C2)c(C)c1. The Bertz CT molecular complexity index is 473. The summed E-state index contributed by atoms with van der Waals surface area (Å²) in [4.78, 5) is 12.3. The predicted octanol–water partition coefficient (Wildman–Crippen LogP) is 2.89. The van der Waals surface area contributed by atoms with Gasteiger partial charge in [-0.2, -0.15) is 0 Å². The monoisotopic (exact) mass is 275 g/mol. The lowest BCUT2D eigenvalue weighted by molar-refractivity contribution is 0.0873. The summed E-state index contributed by atoms with van der Waals surface area (Å²) in [6, 6.07) is 4.10.